The third kappa shape index (κ3) is 7.65. The second-order valence-electron chi connectivity index (χ2n) is 14.5. The Morgan fingerprint density at radius 1 is 0.654 bits per heavy atom. The van der Waals surface area contributed by atoms with E-state index >= 15 is 0 Å². The van der Waals surface area contributed by atoms with E-state index in [-0.39, 0.29) is 19.6 Å². The zero-order valence-corrected chi connectivity index (χ0v) is 28.8. The van der Waals surface area contributed by atoms with Gasteiger partial charge in [0.1, 0.15) is 97.7 Å². The molecule has 6 saturated heterocycles. The second kappa shape index (κ2) is 17.1. The SMILES string of the molecule is CCCCCCCC(N)[C@@]1(O[C@@H]2[C@H]3OC[C@@H]2O[C@@H](O[C@@H]2[C@@H](O)[C@H](O[C@@H]4[C@H]5OC[C@@H]4O[C@@H](O)[C@H]5O)O[C@H](CO)[C@H]2O)[C@H]3O)O[C@H](CO)[C@H](O)[C@H](O)[C@H]1O. The Labute approximate surface area is 299 Å². The third-order valence-corrected chi connectivity index (χ3v) is 11.0. The molecule has 6 heterocycles. The van der Waals surface area contributed by atoms with Crippen molar-refractivity contribution in [1.29, 1.82) is 0 Å². The molecule has 1 unspecified atom stereocenters. The van der Waals surface area contributed by atoms with Crippen molar-refractivity contribution in [3.63, 3.8) is 0 Å². The number of aliphatic hydroxyl groups excluding tert-OH is 10. The van der Waals surface area contributed by atoms with Gasteiger partial charge >= 0.3 is 0 Å². The van der Waals surface area contributed by atoms with Crippen molar-refractivity contribution in [3.8, 4) is 0 Å². The summed E-state index contributed by atoms with van der Waals surface area (Å²) in [6.07, 6.45) is -22.4. The number of unbranched alkanes of at least 4 members (excludes halogenated alkanes) is 4. The average molecular weight is 758 g/mol. The van der Waals surface area contributed by atoms with Crippen molar-refractivity contribution in [2.24, 2.45) is 5.73 Å². The molecule has 6 fully saturated rings. The molecule has 302 valence electrons. The van der Waals surface area contributed by atoms with E-state index in [9.17, 15) is 51.1 Å². The number of fused-ring (bicyclic) bond motifs is 4. The Kier molecular flexibility index (Phi) is 13.5. The lowest BCUT2D eigenvalue weighted by molar-refractivity contribution is -0.404. The molecule has 21 atom stereocenters. The van der Waals surface area contributed by atoms with Crippen LogP contribution in [0.1, 0.15) is 45.4 Å². The Bertz CT molecular complexity index is 1140. The van der Waals surface area contributed by atoms with Crippen LogP contribution in [0.3, 0.4) is 0 Å². The standard InChI is InChI=1S/C32H55NO19/c1-2-3-4-5-6-7-16(33)32(28(42)19(38)17(36)13(9-35)51-32)52-24-15-11-45-27(24)22(41)31(48-15)50-25-18(37)12(8-34)47-30(21(25)40)49-23-14-10-44-26(23)20(39)29(43)46-14/h12-31,34-43H,2-11,33H2,1H3/t12-,13-,14+,15+,16?,17+,18-,19+,20+,21-,22+,23+,24+,25+,26+,27+,28-,29-,30+,31+,32+/m1/s1. The van der Waals surface area contributed by atoms with Gasteiger partial charge in [-0.05, 0) is 6.42 Å². The smallest absolute Gasteiger partial charge is 0.213 e. The molecule has 12 N–H and O–H groups in total. The summed E-state index contributed by atoms with van der Waals surface area (Å²) in [6.45, 7) is 0.438. The van der Waals surface area contributed by atoms with E-state index < -0.39 is 142 Å². The van der Waals surface area contributed by atoms with E-state index in [2.05, 4.69) is 6.92 Å². The molecule has 52 heavy (non-hydrogen) atoms. The van der Waals surface area contributed by atoms with Crippen molar-refractivity contribution in [3.05, 3.63) is 0 Å². The summed E-state index contributed by atoms with van der Waals surface area (Å²) in [5.41, 5.74) is 6.60. The van der Waals surface area contributed by atoms with Crippen LogP contribution in [0.4, 0.5) is 0 Å². The van der Waals surface area contributed by atoms with Crippen LogP contribution in [0, 0.1) is 0 Å². The zero-order valence-electron chi connectivity index (χ0n) is 28.8. The molecule has 0 aromatic rings. The number of nitrogens with two attached hydrogens (primary N) is 1. The first-order valence-electron chi connectivity index (χ1n) is 18.1. The normalized spacial score (nSPS) is 51.1. The molecule has 20 heteroatoms. The van der Waals surface area contributed by atoms with Crippen LogP contribution in [-0.2, 0) is 42.6 Å². The van der Waals surface area contributed by atoms with Gasteiger partial charge in [0.2, 0.25) is 5.79 Å². The Morgan fingerprint density at radius 2 is 1.27 bits per heavy atom. The summed E-state index contributed by atoms with van der Waals surface area (Å²) < 4.78 is 52.5. The maximum atomic E-state index is 11.5. The van der Waals surface area contributed by atoms with Crippen LogP contribution in [0.5, 0.6) is 0 Å². The van der Waals surface area contributed by atoms with Gasteiger partial charge in [-0.3, -0.25) is 0 Å². The summed E-state index contributed by atoms with van der Waals surface area (Å²) in [7, 11) is 0. The molecular formula is C32H55NO19. The quantitative estimate of drug-likeness (QED) is 0.0694. The van der Waals surface area contributed by atoms with Crippen molar-refractivity contribution in [2.45, 2.75) is 174 Å². The number of ether oxygens (including phenoxy) is 9. The molecule has 0 saturated carbocycles. The Hall–Kier alpha value is -0.800. The van der Waals surface area contributed by atoms with Crippen molar-refractivity contribution >= 4 is 0 Å². The van der Waals surface area contributed by atoms with Crippen molar-refractivity contribution in [2.75, 3.05) is 26.4 Å². The number of hydrogen-bond acceptors (Lipinski definition) is 20. The molecule has 0 spiro atoms. The van der Waals surface area contributed by atoms with E-state index in [4.69, 9.17) is 48.4 Å². The molecule has 4 bridgehead atoms. The van der Waals surface area contributed by atoms with Gasteiger partial charge in [0, 0.05) is 0 Å². The lowest BCUT2D eigenvalue weighted by Crippen LogP contribution is -2.74. The highest BCUT2D eigenvalue weighted by Gasteiger charge is 2.63. The fourth-order valence-electron chi connectivity index (χ4n) is 7.96. The molecular weight excluding hydrogens is 702 g/mol. The highest BCUT2D eigenvalue weighted by molar-refractivity contribution is 5.06. The van der Waals surface area contributed by atoms with Crippen molar-refractivity contribution in [1.82, 2.24) is 0 Å². The molecule has 6 aliphatic heterocycles. The summed E-state index contributed by atoms with van der Waals surface area (Å²) in [5.74, 6) is -2.18. The average Bonchev–Trinajstić information content (AvgIpc) is 3.62. The monoisotopic (exact) mass is 757 g/mol. The molecule has 6 rings (SSSR count). The number of aliphatic hydroxyl groups is 10. The lowest BCUT2D eigenvalue weighted by Gasteiger charge is -2.53. The van der Waals surface area contributed by atoms with Crippen LogP contribution >= 0.6 is 0 Å². The highest BCUT2D eigenvalue weighted by Crippen LogP contribution is 2.42. The van der Waals surface area contributed by atoms with Gasteiger partial charge in [-0.2, -0.15) is 0 Å². The summed E-state index contributed by atoms with van der Waals surface area (Å²) in [5, 5.41) is 107. The minimum Gasteiger partial charge on any atom is -0.394 e. The van der Waals surface area contributed by atoms with Gasteiger partial charge in [-0.15, -0.1) is 0 Å². The van der Waals surface area contributed by atoms with Gasteiger partial charge < -0.3 is 99.4 Å². The van der Waals surface area contributed by atoms with Gasteiger partial charge in [0.15, 0.2) is 18.9 Å². The van der Waals surface area contributed by atoms with Gasteiger partial charge in [0.25, 0.3) is 0 Å². The lowest BCUT2D eigenvalue weighted by atomic mass is 9.85. The van der Waals surface area contributed by atoms with Crippen molar-refractivity contribution < 1.29 is 93.7 Å². The largest absolute Gasteiger partial charge is 0.394 e. The molecule has 0 aromatic heterocycles. The summed E-state index contributed by atoms with van der Waals surface area (Å²) >= 11 is 0. The van der Waals surface area contributed by atoms with E-state index in [1.165, 1.54) is 0 Å². The fourth-order valence-corrected chi connectivity index (χ4v) is 7.96. The minimum absolute atomic E-state index is 0.0280. The number of rotatable bonds is 15. The first-order chi connectivity index (χ1) is 24.9. The van der Waals surface area contributed by atoms with Gasteiger partial charge in [-0.25, -0.2) is 0 Å². The van der Waals surface area contributed by atoms with E-state index in [1.807, 2.05) is 0 Å². The Morgan fingerprint density at radius 3 is 1.94 bits per heavy atom. The molecule has 0 amide bonds. The molecule has 0 aliphatic carbocycles. The first kappa shape index (κ1) is 40.9. The number of hydrogen-bond donors (Lipinski definition) is 11. The van der Waals surface area contributed by atoms with Gasteiger partial charge in [0.05, 0.1) is 32.5 Å². The molecule has 20 nitrogen and oxygen atoms in total. The summed E-state index contributed by atoms with van der Waals surface area (Å²) in [6, 6.07) is -1.08. The van der Waals surface area contributed by atoms with Gasteiger partial charge in [-0.1, -0.05) is 39.0 Å². The van der Waals surface area contributed by atoms with Crippen LogP contribution in [-0.4, -0.2) is 206 Å². The molecule has 6 aliphatic rings. The maximum Gasteiger partial charge on any atom is 0.213 e. The first-order valence-corrected chi connectivity index (χ1v) is 18.1. The topological polar surface area (TPSA) is 311 Å². The van der Waals surface area contributed by atoms with Crippen LogP contribution in [0.15, 0.2) is 0 Å². The molecule has 0 radical (unpaired) electrons. The zero-order chi connectivity index (χ0) is 37.5. The van der Waals surface area contributed by atoms with Crippen LogP contribution in [0.2, 0.25) is 0 Å². The van der Waals surface area contributed by atoms with Crippen LogP contribution < -0.4 is 5.73 Å². The highest BCUT2D eigenvalue weighted by atomic mass is 16.8. The van der Waals surface area contributed by atoms with Crippen LogP contribution in [0.25, 0.3) is 0 Å². The molecule has 0 aromatic carbocycles. The maximum absolute atomic E-state index is 11.5. The van der Waals surface area contributed by atoms with E-state index in [0.717, 1.165) is 25.7 Å². The van der Waals surface area contributed by atoms with E-state index in [0.29, 0.717) is 6.42 Å². The predicted octanol–water partition coefficient (Wildman–Crippen LogP) is -5.60. The second-order valence-corrected chi connectivity index (χ2v) is 14.5. The third-order valence-electron chi connectivity index (χ3n) is 11.0. The Balaban J connectivity index is 1.16. The van der Waals surface area contributed by atoms with E-state index in [1.54, 1.807) is 0 Å². The fraction of sp³-hybridized carbons (Fsp3) is 1.00. The predicted molar refractivity (Wildman–Crippen MR) is 167 cm³/mol. The summed E-state index contributed by atoms with van der Waals surface area (Å²) in [4.78, 5) is 0. The minimum atomic E-state index is -2.18.